The number of hydrogen-bond acceptors (Lipinski definition) is 3. The van der Waals surface area contributed by atoms with Gasteiger partial charge in [-0.15, -0.1) is 11.8 Å². The van der Waals surface area contributed by atoms with E-state index < -0.39 is 0 Å². The molecule has 0 saturated heterocycles. The Kier molecular flexibility index (Phi) is 5.26. The normalized spacial score (nSPS) is 10.0. The number of benzene rings is 1. The predicted octanol–water partition coefficient (Wildman–Crippen LogP) is 2.90. The highest BCUT2D eigenvalue weighted by Crippen LogP contribution is 2.15. The summed E-state index contributed by atoms with van der Waals surface area (Å²) < 4.78 is 4.58. The topological polar surface area (TPSA) is 26.3 Å². The van der Waals surface area contributed by atoms with Crippen LogP contribution in [0.15, 0.2) is 29.2 Å². The molecule has 0 unspecified atom stereocenters. The minimum atomic E-state index is -0.129. The van der Waals surface area contributed by atoms with Gasteiger partial charge in [-0.1, -0.05) is 12.1 Å². The molecule has 1 aromatic rings. The van der Waals surface area contributed by atoms with E-state index in [2.05, 4.69) is 35.3 Å². The third kappa shape index (κ3) is 4.38. The summed E-state index contributed by atoms with van der Waals surface area (Å²) in [5.41, 5.74) is 1.27. The maximum Gasteiger partial charge on any atom is 0.305 e. The fourth-order valence-corrected chi connectivity index (χ4v) is 1.74. The molecule has 0 saturated carbocycles. The first-order valence-electron chi connectivity index (χ1n) is 4.96. The van der Waals surface area contributed by atoms with Crippen LogP contribution in [0.4, 0.5) is 0 Å². The Bertz CT molecular complexity index is 306. The van der Waals surface area contributed by atoms with E-state index in [1.807, 2.05) is 0 Å². The average molecular weight is 224 g/mol. The van der Waals surface area contributed by atoms with Crippen molar-refractivity contribution in [1.29, 1.82) is 0 Å². The van der Waals surface area contributed by atoms with E-state index in [0.29, 0.717) is 6.42 Å². The maximum atomic E-state index is 10.9. The summed E-state index contributed by atoms with van der Waals surface area (Å²) in [5.74, 6) is -0.129. The second-order valence-electron chi connectivity index (χ2n) is 3.28. The van der Waals surface area contributed by atoms with Crippen molar-refractivity contribution in [2.75, 3.05) is 13.4 Å². The summed E-state index contributed by atoms with van der Waals surface area (Å²) in [6, 6.07) is 8.45. The quantitative estimate of drug-likeness (QED) is 0.568. The van der Waals surface area contributed by atoms with Gasteiger partial charge in [0.15, 0.2) is 0 Å². The van der Waals surface area contributed by atoms with E-state index in [0.717, 1.165) is 12.8 Å². The number of aryl methyl sites for hydroxylation is 1. The molecular formula is C12H16O2S. The van der Waals surface area contributed by atoms with Gasteiger partial charge in [-0.05, 0) is 36.8 Å². The third-order valence-corrected chi connectivity index (χ3v) is 2.98. The van der Waals surface area contributed by atoms with E-state index in [9.17, 15) is 4.79 Å². The number of rotatable bonds is 5. The number of ether oxygens (including phenoxy) is 1. The Hall–Kier alpha value is -0.960. The van der Waals surface area contributed by atoms with Crippen LogP contribution < -0.4 is 0 Å². The van der Waals surface area contributed by atoms with E-state index in [4.69, 9.17) is 0 Å². The molecule has 1 rings (SSSR count). The lowest BCUT2D eigenvalue weighted by Crippen LogP contribution is -2.00. The van der Waals surface area contributed by atoms with E-state index >= 15 is 0 Å². The van der Waals surface area contributed by atoms with Gasteiger partial charge < -0.3 is 4.74 Å². The molecule has 0 heterocycles. The predicted molar refractivity (Wildman–Crippen MR) is 63.2 cm³/mol. The number of esters is 1. The van der Waals surface area contributed by atoms with E-state index in [-0.39, 0.29) is 5.97 Å². The first kappa shape index (κ1) is 12.1. The fraction of sp³-hybridized carbons (Fsp3) is 0.417. The fourth-order valence-electron chi connectivity index (χ4n) is 1.33. The number of hydrogen-bond donors (Lipinski definition) is 0. The molecular weight excluding hydrogens is 208 g/mol. The van der Waals surface area contributed by atoms with Gasteiger partial charge in [-0.3, -0.25) is 4.79 Å². The van der Waals surface area contributed by atoms with E-state index in [1.54, 1.807) is 11.8 Å². The number of carbonyl (C=O) groups is 1. The Morgan fingerprint density at radius 2 is 2.00 bits per heavy atom. The van der Waals surface area contributed by atoms with Gasteiger partial charge in [0.25, 0.3) is 0 Å². The molecule has 0 aliphatic rings. The summed E-state index contributed by atoms with van der Waals surface area (Å²) in [6.07, 6.45) is 4.35. The van der Waals surface area contributed by atoms with Crippen LogP contribution in [-0.2, 0) is 16.0 Å². The lowest BCUT2D eigenvalue weighted by Gasteiger charge is -2.02. The minimum Gasteiger partial charge on any atom is -0.469 e. The smallest absolute Gasteiger partial charge is 0.305 e. The highest BCUT2D eigenvalue weighted by Gasteiger charge is 2.00. The number of carbonyl (C=O) groups excluding carboxylic acids is 1. The average Bonchev–Trinajstić information content (AvgIpc) is 2.29. The zero-order valence-electron chi connectivity index (χ0n) is 9.16. The van der Waals surface area contributed by atoms with Gasteiger partial charge in [0.05, 0.1) is 7.11 Å². The molecule has 15 heavy (non-hydrogen) atoms. The Balaban J connectivity index is 2.34. The largest absolute Gasteiger partial charge is 0.469 e. The van der Waals surface area contributed by atoms with Gasteiger partial charge in [0, 0.05) is 11.3 Å². The summed E-state index contributed by atoms with van der Waals surface area (Å²) >= 11 is 1.74. The molecule has 0 fully saturated rings. The number of thioether (sulfide) groups is 1. The summed E-state index contributed by atoms with van der Waals surface area (Å²) in [5, 5.41) is 0. The molecule has 3 heteroatoms. The third-order valence-electron chi connectivity index (χ3n) is 2.23. The van der Waals surface area contributed by atoms with Crippen LogP contribution in [0.1, 0.15) is 18.4 Å². The van der Waals surface area contributed by atoms with Gasteiger partial charge in [-0.2, -0.15) is 0 Å². The van der Waals surface area contributed by atoms with Crippen LogP contribution in [0, 0.1) is 0 Å². The second kappa shape index (κ2) is 6.51. The van der Waals surface area contributed by atoms with Crippen LogP contribution in [0.3, 0.4) is 0 Å². The molecule has 0 bridgehead atoms. The zero-order chi connectivity index (χ0) is 11.1. The standard InChI is InChI=1S/C12H16O2S/c1-14-12(13)5-3-4-10-6-8-11(15-2)9-7-10/h6-9H,3-5H2,1-2H3. The van der Waals surface area contributed by atoms with Crippen LogP contribution in [0.25, 0.3) is 0 Å². The maximum absolute atomic E-state index is 10.9. The van der Waals surface area contributed by atoms with Crippen LogP contribution >= 0.6 is 11.8 Å². The van der Waals surface area contributed by atoms with Crippen LogP contribution in [0.5, 0.6) is 0 Å². The lowest BCUT2D eigenvalue weighted by molar-refractivity contribution is -0.140. The molecule has 82 valence electrons. The summed E-state index contributed by atoms with van der Waals surface area (Å²) in [6.45, 7) is 0. The van der Waals surface area contributed by atoms with Crippen molar-refractivity contribution in [3.05, 3.63) is 29.8 Å². The minimum absolute atomic E-state index is 0.129. The van der Waals surface area contributed by atoms with Crippen molar-refractivity contribution in [1.82, 2.24) is 0 Å². The van der Waals surface area contributed by atoms with Crippen molar-refractivity contribution in [2.24, 2.45) is 0 Å². The van der Waals surface area contributed by atoms with Crippen LogP contribution in [-0.4, -0.2) is 19.3 Å². The van der Waals surface area contributed by atoms with Crippen molar-refractivity contribution < 1.29 is 9.53 Å². The zero-order valence-corrected chi connectivity index (χ0v) is 9.97. The molecule has 2 nitrogen and oxygen atoms in total. The highest BCUT2D eigenvalue weighted by molar-refractivity contribution is 7.98. The Morgan fingerprint density at radius 3 is 2.53 bits per heavy atom. The molecule has 0 amide bonds. The molecule has 0 aliphatic carbocycles. The van der Waals surface area contributed by atoms with Gasteiger partial charge in [0.1, 0.15) is 0 Å². The van der Waals surface area contributed by atoms with Crippen molar-refractivity contribution in [3.8, 4) is 0 Å². The first-order chi connectivity index (χ1) is 7.26. The molecule has 0 aromatic heterocycles. The molecule has 0 atom stereocenters. The summed E-state index contributed by atoms with van der Waals surface area (Å²) in [4.78, 5) is 12.1. The highest BCUT2D eigenvalue weighted by atomic mass is 32.2. The lowest BCUT2D eigenvalue weighted by atomic mass is 10.1. The SMILES string of the molecule is COC(=O)CCCc1ccc(SC)cc1. The Morgan fingerprint density at radius 1 is 1.33 bits per heavy atom. The van der Waals surface area contributed by atoms with Gasteiger partial charge in [0.2, 0.25) is 0 Å². The van der Waals surface area contributed by atoms with Gasteiger partial charge in [-0.25, -0.2) is 0 Å². The summed E-state index contributed by atoms with van der Waals surface area (Å²) in [7, 11) is 1.43. The molecule has 1 aromatic carbocycles. The monoisotopic (exact) mass is 224 g/mol. The molecule has 0 radical (unpaired) electrons. The van der Waals surface area contributed by atoms with E-state index in [1.165, 1.54) is 17.6 Å². The van der Waals surface area contributed by atoms with Crippen molar-refractivity contribution in [2.45, 2.75) is 24.2 Å². The Labute approximate surface area is 95.0 Å². The van der Waals surface area contributed by atoms with Gasteiger partial charge >= 0.3 is 5.97 Å². The molecule has 0 spiro atoms. The van der Waals surface area contributed by atoms with Crippen molar-refractivity contribution >= 4 is 17.7 Å². The van der Waals surface area contributed by atoms with Crippen LogP contribution in [0.2, 0.25) is 0 Å². The second-order valence-corrected chi connectivity index (χ2v) is 4.16. The molecule has 0 aliphatic heterocycles. The van der Waals surface area contributed by atoms with Crippen molar-refractivity contribution in [3.63, 3.8) is 0 Å². The first-order valence-corrected chi connectivity index (χ1v) is 6.18. The number of methoxy groups -OCH3 is 1. The molecule has 0 N–H and O–H groups in total.